The summed E-state index contributed by atoms with van der Waals surface area (Å²) in [4.78, 5) is 0. The molecule has 1 N–H and O–H groups in total. The number of aryl methyl sites for hydroxylation is 1. The minimum Gasteiger partial charge on any atom is -0.250 e. The van der Waals surface area contributed by atoms with Gasteiger partial charge in [0.05, 0.1) is 6.21 Å². The molecule has 3 rings (SSSR count). The Morgan fingerprint density at radius 2 is 2.05 bits per heavy atom. The van der Waals surface area contributed by atoms with Crippen LogP contribution in [0.25, 0.3) is 11.4 Å². The fourth-order valence-corrected chi connectivity index (χ4v) is 2.73. The predicted molar refractivity (Wildman–Crippen MR) is 94.7 cm³/mol. The van der Waals surface area contributed by atoms with Gasteiger partial charge in [0.25, 0.3) is 0 Å². The van der Waals surface area contributed by atoms with Crippen LogP contribution >= 0.6 is 28.1 Å². The van der Waals surface area contributed by atoms with Crippen molar-refractivity contribution >= 4 is 34.4 Å². The van der Waals surface area contributed by atoms with Crippen molar-refractivity contribution < 1.29 is 0 Å². The highest BCUT2D eigenvalue weighted by molar-refractivity contribution is 9.10. The molecule has 0 unspecified atom stereocenters. The third-order valence-corrected chi connectivity index (χ3v) is 4.09. The average molecular weight is 373 g/mol. The lowest BCUT2D eigenvalue weighted by molar-refractivity contribution is 0.871. The maximum Gasteiger partial charge on any atom is 0.216 e. The molecule has 4 nitrogen and oxygen atoms in total. The second-order valence-electron chi connectivity index (χ2n) is 4.80. The topological polar surface area (TPSA) is 46.0 Å². The smallest absolute Gasteiger partial charge is 0.216 e. The van der Waals surface area contributed by atoms with Gasteiger partial charge in [0.15, 0.2) is 5.82 Å². The summed E-state index contributed by atoms with van der Waals surface area (Å²) in [6, 6.07) is 15.9. The van der Waals surface area contributed by atoms with E-state index >= 15 is 0 Å². The van der Waals surface area contributed by atoms with Crippen LogP contribution in [0.4, 0.5) is 0 Å². The molecule has 0 saturated carbocycles. The molecule has 22 heavy (non-hydrogen) atoms. The summed E-state index contributed by atoms with van der Waals surface area (Å²) < 4.78 is 3.02. The lowest BCUT2D eigenvalue weighted by atomic mass is 10.2. The Labute approximate surface area is 141 Å². The van der Waals surface area contributed by atoms with Gasteiger partial charge < -0.3 is 0 Å². The minimum atomic E-state index is 0.453. The Balaban J connectivity index is 2.04. The zero-order chi connectivity index (χ0) is 15.5. The van der Waals surface area contributed by atoms with Crippen molar-refractivity contribution in [3.05, 3.63) is 68.9 Å². The summed E-state index contributed by atoms with van der Waals surface area (Å²) in [7, 11) is 0. The van der Waals surface area contributed by atoms with Crippen LogP contribution in [0.2, 0.25) is 0 Å². The fraction of sp³-hybridized carbons (Fsp3) is 0.0625. The molecule has 0 atom stereocenters. The van der Waals surface area contributed by atoms with E-state index < -0.39 is 0 Å². The van der Waals surface area contributed by atoms with E-state index in [0.29, 0.717) is 10.6 Å². The van der Waals surface area contributed by atoms with Gasteiger partial charge in [-0.2, -0.15) is 14.9 Å². The highest BCUT2D eigenvalue weighted by Crippen LogP contribution is 2.26. The van der Waals surface area contributed by atoms with Crippen LogP contribution in [0.15, 0.2) is 58.1 Å². The number of H-pyrrole nitrogens is 1. The van der Waals surface area contributed by atoms with Crippen molar-refractivity contribution in [2.45, 2.75) is 6.92 Å². The van der Waals surface area contributed by atoms with Crippen LogP contribution in [0.3, 0.4) is 0 Å². The van der Waals surface area contributed by atoms with Gasteiger partial charge in [-0.3, -0.25) is 0 Å². The van der Waals surface area contributed by atoms with Gasteiger partial charge in [-0.1, -0.05) is 57.9 Å². The Hall–Kier alpha value is -2.05. The van der Waals surface area contributed by atoms with Crippen LogP contribution in [-0.4, -0.2) is 21.1 Å². The molecule has 2 aromatic carbocycles. The Morgan fingerprint density at radius 3 is 2.82 bits per heavy atom. The van der Waals surface area contributed by atoms with E-state index in [1.165, 1.54) is 5.56 Å². The Bertz CT molecular complexity index is 895. The Morgan fingerprint density at radius 1 is 1.23 bits per heavy atom. The zero-order valence-electron chi connectivity index (χ0n) is 11.8. The molecule has 0 amide bonds. The number of benzene rings is 2. The van der Waals surface area contributed by atoms with Gasteiger partial charge >= 0.3 is 0 Å². The fourth-order valence-electron chi connectivity index (χ4n) is 2.09. The van der Waals surface area contributed by atoms with Crippen LogP contribution < -0.4 is 0 Å². The first-order chi connectivity index (χ1) is 10.6. The van der Waals surface area contributed by atoms with E-state index in [2.05, 4.69) is 37.3 Å². The molecule has 0 bridgehead atoms. The van der Waals surface area contributed by atoms with Crippen LogP contribution in [-0.2, 0) is 0 Å². The third kappa shape index (κ3) is 3.08. The molecule has 0 radical (unpaired) electrons. The van der Waals surface area contributed by atoms with Gasteiger partial charge in [-0.05, 0) is 36.8 Å². The summed E-state index contributed by atoms with van der Waals surface area (Å²) in [6.45, 7) is 2.05. The van der Waals surface area contributed by atoms with E-state index in [0.717, 1.165) is 15.6 Å². The molecular formula is C16H13BrN4S. The molecule has 0 spiro atoms. The first kappa shape index (κ1) is 14.9. The van der Waals surface area contributed by atoms with E-state index in [9.17, 15) is 0 Å². The normalized spacial score (nSPS) is 11.2. The molecule has 1 heterocycles. The van der Waals surface area contributed by atoms with Gasteiger partial charge in [0, 0.05) is 10.0 Å². The summed E-state index contributed by atoms with van der Waals surface area (Å²) >= 11 is 8.80. The van der Waals surface area contributed by atoms with Crippen LogP contribution in [0.1, 0.15) is 11.1 Å². The average Bonchev–Trinajstić information content (AvgIpc) is 2.87. The summed E-state index contributed by atoms with van der Waals surface area (Å²) in [5, 5.41) is 11.5. The molecule has 6 heteroatoms. The SMILES string of the molecule is Cc1cccc(/C=N/n2c(-c3ccccc3Br)n[nH]c2=S)c1. The van der Waals surface area contributed by atoms with Gasteiger partial charge in [-0.15, -0.1) is 0 Å². The largest absolute Gasteiger partial charge is 0.250 e. The third-order valence-electron chi connectivity index (χ3n) is 3.13. The first-order valence-corrected chi connectivity index (χ1v) is 7.88. The molecule has 0 aliphatic heterocycles. The number of aromatic nitrogens is 3. The van der Waals surface area contributed by atoms with Crippen LogP contribution in [0.5, 0.6) is 0 Å². The van der Waals surface area contributed by atoms with Gasteiger partial charge in [0.1, 0.15) is 0 Å². The maximum absolute atomic E-state index is 5.27. The minimum absolute atomic E-state index is 0.453. The number of hydrogen-bond donors (Lipinski definition) is 1. The number of halogens is 1. The number of nitrogens with zero attached hydrogens (tertiary/aromatic N) is 3. The number of hydrogen-bond acceptors (Lipinski definition) is 3. The molecular weight excluding hydrogens is 360 g/mol. The number of nitrogens with one attached hydrogen (secondary N) is 1. The molecule has 3 aromatic rings. The second-order valence-corrected chi connectivity index (χ2v) is 6.04. The standard InChI is InChI=1S/C16H13BrN4S/c1-11-5-4-6-12(9-11)10-18-21-15(19-20-16(21)22)13-7-2-3-8-14(13)17/h2-10H,1H3,(H,20,22)/b18-10+. The van der Waals surface area contributed by atoms with Gasteiger partial charge in [0.2, 0.25) is 4.77 Å². The lowest BCUT2D eigenvalue weighted by Gasteiger charge is -2.03. The van der Waals surface area contributed by atoms with Crippen molar-refractivity contribution in [1.82, 2.24) is 14.9 Å². The molecule has 0 saturated heterocycles. The zero-order valence-corrected chi connectivity index (χ0v) is 14.2. The molecule has 110 valence electrons. The van der Waals surface area contributed by atoms with Crippen molar-refractivity contribution in [2.75, 3.05) is 0 Å². The second kappa shape index (κ2) is 6.37. The molecule has 0 aliphatic carbocycles. The monoisotopic (exact) mass is 372 g/mol. The van der Waals surface area contributed by atoms with Gasteiger partial charge in [-0.25, -0.2) is 5.10 Å². The number of rotatable bonds is 3. The predicted octanol–water partition coefficient (Wildman–Crippen LogP) is 4.56. The van der Waals surface area contributed by atoms with E-state index in [1.807, 2.05) is 49.4 Å². The van der Waals surface area contributed by atoms with Crippen molar-refractivity contribution in [3.8, 4) is 11.4 Å². The van der Waals surface area contributed by atoms with E-state index in [1.54, 1.807) is 10.9 Å². The van der Waals surface area contributed by atoms with Crippen molar-refractivity contribution in [3.63, 3.8) is 0 Å². The van der Waals surface area contributed by atoms with Crippen LogP contribution in [0, 0.1) is 11.7 Å². The first-order valence-electron chi connectivity index (χ1n) is 6.68. The highest BCUT2D eigenvalue weighted by Gasteiger charge is 2.10. The van der Waals surface area contributed by atoms with E-state index in [-0.39, 0.29) is 0 Å². The summed E-state index contributed by atoms with van der Waals surface area (Å²) in [5.74, 6) is 0.668. The molecule has 0 fully saturated rings. The lowest BCUT2D eigenvalue weighted by Crippen LogP contribution is -1.95. The van der Waals surface area contributed by atoms with E-state index in [4.69, 9.17) is 12.2 Å². The number of aromatic amines is 1. The summed E-state index contributed by atoms with van der Waals surface area (Å²) in [6.07, 6.45) is 1.78. The molecule has 1 aromatic heterocycles. The highest BCUT2D eigenvalue weighted by atomic mass is 79.9. The Kier molecular flexibility index (Phi) is 4.31. The van der Waals surface area contributed by atoms with Crippen molar-refractivity contribution in [2.24, 2.45) is 5.10 Å². The molecule has 0 aliphatic rings. The maximum atomic E-state index is 5.27. The summed E-state index contributed by atoms with van der Waals surface area (Å²) in [5.41, 5.74) is 3.13. The quantitative estimate of drug-likeness (QED) is 0.540. The van der Waals surface area contributed by atoms with Crippen molar-refractivity contribution in [1.29, 1.82) is 0 Å².